The fourth-order valence-electron chi connectivity index (χ4n) is 5.62. The van der Waals surface area contributed by atoms with Gasteiger partial charge in [-0.3, -0.25) is 0 Å². The minimum Gasteiger partial charge on any atom is -0.491 e. The number of aryl methyl sites for hydroxylation is 2. The van der Waals surface area contributed by atoms with Crippen LogP contribution in [0.4, 0.5) is 23.1 Å². The Kier molecular flexibility index (Phi) is 8.51. The average molecular weight is 568 g/mol. The normalized spacial score (nSPS) is 18.1. The summed E-state index contributed by atoms with van der Waals surface area (Å²) in [7, 11) is -2.62. The molecule has 2 N–H and O–H groups in total. The van der Waals surface area contributed by atoms with Gasteiger partial charge >= 0.3 is 0 Å². The second-order valence-corrected chi connectivity index (χ2v) is 14.9. The molecular formula is C30H39ClN5O2P. The molecule has 0 saturated carbocycles. The van der Waals surface area contributed by atoms with Crippen molar-refractivity contribution in [3.8, 4) is 5.75 Å². The van der Waals surface area contributed by atoms with Crippen molar-refractivity contribution in [2.75, 3.05) is 37.1 Å². The molecule has 5 rings (SSSR count). The molecule has 1 aliphatic heterocycles. The first kappa shape index (κ1) is 27.9. The molecule has 9 heteroatoms. The standard InChI is InChI=1S/C30H39ClN5O2P/c1-20(2)38-25-13-14-27(28(18-25)39(3,4)37)34-29-26(31)19-32-30(35-29)33-23-10-7-21-8-11-24(12-9-22(21)17-23)36-15-5-6-16-36/h7,10,13-14,17-20,24H,5-6,8-9,11-12,15-16H2,1-4H3,(H2,32,33,34,35)/t24-/m0/s1. The van der Waals surface area contributed by atoms with Crippen molar-refractivity contribution >= 4 is 47.2 Å². The van der Waals surface area contributed by atoms with E-state index >= 15 is 0 Å². The van der Waals surface area contributed by atoms with E-state index in [1.807, 2.05) is 32.0 Å². The van der Waals surface area contributed by atoms with Crippen LogP contribution in [0.25, 0.3) is 0 Å². The Labute approximate surface area is 237 Å². The van der Waals surface area contributed by atoms with Crippen molar-refractivity contribution in [2.24, 2.45) is 0 Å². The summed E-state index contributed by atoms with van der Waals surface area (Å²) in [5, 5.41) is 7.72. The summed E-state index contributed by atoms with van der Waals surface area (Å²) < 4.78 is 18.9. The molecule has 0 amide bonds. The molecule has 39 heavy (non-hydrogen) atoms. The summed E-state index contributed by atoms with van der Waals surface area (Å²) in [4.78, 5) is 11.8. The Morgan fingerprint density at radius 3 is 2.49 bits per heavy atom. The van der Waals surface area contributed by atoms with Gasteiger partial charge in [0.2, 0.25) is 5.95 Å². The fraction of sp³-hybridized carbons (Fsp3) is 0.467. The van der Waals surface area contributed by atoms with Gasteiger partial charge in [-0.15, -0.1) is 0 Å². The maximum absolute atomic E-state index is 13.1. The molecule has 1 atom stereocenters. The lowest BCUT2D eigenvalue weighted by Gasteiger charge is -2.25. The van der Waals surface area contributed by atoms with Gasteiger partial charge in [-0.2, -0.15) is 4.98 Å². The van der Waals surface area contributed by atoms with Gasteiger partial charge in [-0.1, -0.05) is 17.7 Å². The van der Waals surface area contributed by atoms with Gasteiger partial charge in [-0.25, -0.2) is 4.98 Å². The zero-order chi connectivity index (χ0) is 27.6. The van der Waals surface area contributed by atoms with Crippen molar-refractivity contribution in [3.63, 3.8) is 0 Å². The summed E-state index contributed by atoms with van der Waals surface area (Å²) in [5.74, 6) is 1.58. The van der Waals surface area contributed by atoms with Gasteiger partial charge in [0.05, 0.1) is 18.0 Å². The molecule has 2 aromatic carbocycles. The van der Waals surface area contributed by atoms with Crippen molar-refractivity contribution in [1.82, 2.24) is 14.9 Å². The number of nitrogens with zero attached hydrogens (tertiary/aromatic N) is 3. The SMILES string of the molecule is CC(C)Oc1ccc(Nc2nc(Nc3ccc4c(c3)CC[C@@H](N3CCCC3)CC4)ncc2Cl)c(P(C)(C)=O)c1. The average Bonchev–Trinajstić information content (AvgIpc) is 3.33. The zero-order valence-electron chi connectivity index (χ0n) is 23.3. The molecule has 0 bridgehead atoms. The van der Waals surface area contributed by atoms with Gasteiger partial charge in [0.25, 0.3) is 0 Å². The van der Waals surface area contributed by atoms with Crippen LogP contribution in [0.2, 0.25) is 5.02 Å². The Balaban J connectivity index is 1.33. The molecule has 0 radical (unpaired) electrons. The van der Waals surface area contributed by atoms with Crippen molar-refractivity contribution < 1.29 is 9.30 Å². The molecule has 3 aromatic rings. The van der Waals surface area contributed by atoms with Crippen LogP contribution >= 0.6 is 18.7 Å². The molecule has 1 saturated heterocycles. The van der Waals surface area contributed by atoms with E-state index in [-0.39, 0.29) is 6.10 Å². The van der Waals surface area contributed by atoms with Crippen LogP contribution in [0.3, 0.4) is 0 Å². The Bertz CT molecular complexity index is 1370. The zero-order valence-corrected chi connectivity index (χ0v) is 25.0. The van der Waals surface area contributed by atoms with Crippen molar-refractivity contribution in [1.29, 1.82) is 0 Å². The number of aromatic nitrogens is 2. The summed E-state index contributed by atoms with van der Waals surface area (Å²) in [6, 6.07) is 12.8. The maximum Gasteiger partial charge on any atom is 0.229 e. The summed E-state index contributed by atoms with van der Waals surface area (Å²) >= 11 is 6.48. The maximum atomic E-state index is 13.1. The molecule has 1 aliphatic carbocycles. The lowest BCUT2D eigenvalue weighted by Crippen LogP contribution is -2.32. The first-order chi connectivity index (χ1) is 18.7. The van der Waals surface area contributed by atoms with E-state index in [2.05, 4.69) is 43.7 Å². The van der Waals surface area contributed by atoms with E-state index in [9.17, 15) is 4.57 Å². The van der Waals surface area contributed by atoms with E-state index in [1.165, 1.54) is 49.9 Å². The number of hydrogen-bond acceptors (Lipinski definition) is 7. The number of hydrogen-bond donors (Lipinski definition) is 2. The minimum atomic E-state index is -2.62. The first-order valence-electron chi connectivity index (χ1n) is 13.9. The van der Waals surface area contributed by atoms with Crippen LogP contribution in [0.1, 0.15) is 50.7 Å². The van der Waals surface area contributed by atoms with E-state index in [4.69, 9.17) is 16.3 Å². The highest BCUT2D eigenvalue weighted by Gasteiger charge is 2.24. The molecule has 1 fully saturated rings. The number of rotatable bonds is 8. The van der Waals surface area contributed by atoms with Crippen molar-refractivity contribution in [2.45, 2.75) is 64.5 Å². The van der Waals surface area contributed by atoms with Crippen molar-refractivity contribution in [3.05, 3.63) is 58.7 Å². The van der Waals surface area contributed by atoms with Crippen LogP contribution < -0.4 is 20.7 Å². The summed E-state index contributed by atoms with van der Waals surface area (Å²) in [6.45, 7) is 9.93. The van der Waals surface area contributed by atoms with E-state index in [0.717, 1.165) is 18.5 Å². The lowest BCUT2D eigenvalue weighted by atomic mass is 10.0. The fourth-order valence-corrected chi connectivity index (χ4v) is 6.91. The third-order valence-electron chi connectivity index (χ3n) is 7.53. The van der Waals surface area contributed by atoms with Gasteiger partial charge in [-0.05, 0) is 120 Å². The highest BCUT2D eigenvalue weighted by Crippen LogP contribution is 2.40. The number of ether oxygens (including phenoxy) is 1. The number of nitrogens with one attached hydrogen (secondary N) is 2. The number of benzene rings is 2. The Morgan fingerprint density at radius 2 is 1.77 bits per heavy atom. The van der Waals surface area contributed by atoms with Gasteiger partial charge in [0.15, 0.2) is 5.82 Å². The molecule has 0 unspecified atom stereocenters. The van der Waals surface area contributed by atoms with E-state index in [1.54, 1.807) is 19.5 Å². The molecule has 1 aromatic heterocycles. The lowest BCUT2D eigenvalue weighted by molar-refractivity contribution is 0.222. The van der Waals surface area contributed by atoms with E-state index in [0.29, 0.717) is 39.6 Å². The molecule has 2 heterocycles. The highest BCUT2D eigenvalue weighted by atomic mass is 35.5. The first-order valence-corrected chi connectivity index (χ1v) is 16.9. The van der Waals surface area contributed by atoms with E-state index < -0.39 is 7.14 Å². The monoisotopic (exact) mass is 567 g/mol. The van der Waals surface area contributed by atoms with Gasteiger partial charge in [0.1, 0.15) is 17.9 Å². The number of halogens is 1. The molecular weight excluding hydrogens is 529 g/mol. The Hall–Kier alpha value is -2.60. The predicted octanol–water partition coefficient (Wildman–Crippen LogP) is 7.00. The highest BCUT2D eigenvalue weighted by molar-refractivity contribution is 7.70. The third-order valence-corrected chi connectivity index (χ3v) is 9.34. The largest absolute Gasteiger partial charge is 0.491 e. The third kappa shape index (κ3) is 6.95. The molecule has 7 nitrogen and oxygen atoms in total. The van der Waals surface area contributed by atoms with Gasteiger partial charge in [0, 0.05) is 17.0 Å². The second kappa shape index (κ2) is 11.9. The van der Waals surface area contributed by atoms with Crippen LogP contribution in [0.15, 0.2) is 42.6 Å². The van der Waals surface area contributed by atoms with Crippen LogP contribution in [0, 0.1) is 0 Å². The predicted molar refractivity (Wildman–Crippen MR) is 163 cm³/mol. The number of fused-ring (bicyclic) bond motifs is 1. The number of likely N-dealkylation sites (tertiary alicyclic amines) is 1. The van der Waals surface area contributed by atoms with Gasteiger partial charge < -0.3 is 24.8 Å². The van der Waals surface area contributed by atoms with Crippen LogP contribution in [-0.2, 0) is 17.4 Å². The molecule has 208 valence electrons. The Morgan fingerprint density at radius 1 is 1.03 bits per heavy atom. The minimum absolute atomic E-state index is 0.0224. The molecule has 2 aliphatic rings. The summed E-state index contributed by atoms with van der Waals surface area (Å²) in [6.07, 6.45) is 8.95. The smallest absolute Gasteiger partial charge is 0.229 e. The molecule has 0 spiro atoms. The van der Waals surface area contributed by atoms with Crippen LogP contribution in [0.5, 0.6) is 5.75 Å². The number of anilines is 4. The second-order valence-electron chi connectivity index (χ2n) is 11.3. The van der Waals surface area contributed by atoms with Crippen LogP contribution in [-0.4, -0.2) is 53.4 Å². The summed E-state index contributed by atoms with van der Waals surface area (Å²) in [5.41, 5.74) is 4.50. The quantitative estimate of drug-likeness (QED) is 0.224. The topological polar surface area (TPSA) is 79.4 Å².